The zero-order chi connectivity index (χ0) is 10.6. The molecule has 0 unspecified atom stereocenters. The summed E-state index contributed by atoms with van der Waals surface area (Å²) in [7, 11) is 0. The summed E-state index contributed by atoms with van der Waals surface area (Å²) >= 11 is 9.19. The van der Waals surface area contributed by atoms with E-state index in [0.29, 0.717) is 11.4 Å². The number of carboxylic acids is 1. The zero-order valence-corrected chi connectivity index (χ0v) is 9.81. The lowest BCUT2D eigenvalue weighted by Crippen LogP contribution is -1.95. The van der Waals surface area contributed by atoms with Gasteiger partial charge < -0.3 is 5.11 Å². The van der Waals surface area contributed by atoms with Gasteiger partial charge in [-0.05, 0) is 46.5 Å². The summed E-state index contributed by atoms with van der Waals surface area (Å²) in [6, 6.07) is 5.67. The summed E-state index contributed by atoms with van der Waals surface area (Å²) < 4.78 is 0.862. The van der Waals surface area contributed by atoms with Gasteiger partial charge in [0.2, 0.25) is 0 Å². The van der Waals surface area contributed by atoms with Crippen molar-refractivity contribution >= 4 is 33.5 Å². The van der Waals surface area contributed by atoms with E-state index < -0.39 is 5.97 Å². The fraction of sp³-hybridized carbons (Fsp3) is 0.300. The molecule has 0 atom stereocenters. The maximum Gasteiger partial charge on any atom is 0.303 e. The molecule has 0 radical (unpaired) electrons. The molecule has 0 fully saturated rings. The summed E-state index contributed by atoms with van der Waals surface area (Å²) in [6.45, 7) is 0. The third-order valence-electron chi connectivity index (χ3n) is 1.84. The minimum atomic E-state index is -0.756. The highest BCUT2D eigenvalue weighted by molar-refractivity contribution is 9.10. The van der Waals surface area contributed by atoms with E-state index in [2.05, 4.69) is 15.9 Å². The minimum absolute atomic E-state index is 0.202. The molecule has 0 aliphatic heterocycles. The second-order valence-electron chi connectivity index (χ2n) is 3.00. The van der Waals surface area contributed by atoms with E-state index in [9.17, 15) is 4.79 Å². The first kappa shape index (κ1) is 11.5. The molecule has 0 saturated carbocycles. The molecule has 0 aliphatic rings. The average molecular weight is 278 g/mol. The molecule has 4 heteroatoms. The molecule has 0 saturated heterocycles. The van der Waals surface area contributed by atoms with Crippen LogP contribution in [-0.2, 0) is 11.2 Å². The molecule has 0 heterocycles. The molecular formula is C10H10BrClO2. The van der Waals surface area contributed by atoms with Crippen molar-refractivity contribution in [2.75, 3.05) is 0 Å². The van der Waals surface area contributed by atoms with Crippen LogP contribution in [0, 0.1) is 0 Å². The summed E-state index contributed by atoms with van der Waals surface area (Å²) in [6.07, 6.45) is 1.60. The van der Waals surface area contributed by atoms with Crippen molar-refractivity contribution in [2.45, 2.75) is 19.3 Å². The van der Waals surface area contributed by atoms with Crippen LogP contribution in [0.25, 0.3) is 0 Å². The highest BCUT2D eigenvalue weighted by Crippen LogP contribution is 2.23. The quantitative estimate of drug-likeness (QED) is 0.914. The first-order valence-corrected chi connectivity index (χ1v) is 5.42. The Kier molecular flexibility index (Phi) is 4.42. The monoisotopic (exact) mass is 276 g/mol. The van der Waals surface area contributed by atoms with E-state index in [1.54, 1.807) is 0 Å². The molecule has 0 amide bonds. The van der Waals surface area contributed by atoms with Gasteiger partial charge in [0.05, 0.1) is 5.02 Å². The SMILES string of the molecule is O=C(O)CCCc1ccc(Br)c(Cl)c1. The molecule has 0 bridgehead atoms. The molecular weight excluding hydrogens is 267 g/mol. The van der Waals surface area contributed by atoms with Gasteiger partial charge >= 0.3 is 5.97 Å². The van der Waals surface area contributed by atoms with E-state index in [0.717, 1.165) is 16.5 Å². The number of aliphatic carboxylic acids is 1. The number of hydrogen-bond acceptors (Lipinski definition) is 1. The van der Waals surface area contributed by atoms with Crippen molar-refractivity contribution in [3.05, 3.63) is 33.3 Å². The van der Waals surface area contributed by atoms with Crippen LogP contribution >= 0.6 is 27.5 Å². The standard InChI is InChI=1S/C10H10BrClO2/c11-8-5-4-7(6-9(8)12)2-1-3-10(13)14/h4-6H,1-3H2,(H,13,14). The number of hydrogen-bond donors (Lipinski definition) is 1. The van der Waals surface area contributed by atoms with Crippen molar-refractivity contribution in [2.24, 2.45) is 0 Å². The number of halogens is 2. The van der Waals surface area contributed by atoms with Gasteiger partial charge in [-0.1, -0.05) is 17.7 Å². The van der Waals surface area contributed by atoms with Gasteiger partial charge in [0, 0.05) is 10.9 Å². The van der Waals surface area contributed by atoms with E-state index in [1.165, 1.54) is 0 Å². The minimum Gasteiger partial charge on any atom is -0.481 e. The normalized spacial score (nSPS) is 10.1. The summed E-state index contributed by atoms with van der Waals surface area (Å²) in [5, 5.41) is 9.12. The molecule has 1 aromatic carbocycles. The van der Waals surface area contributed by atoms with Crippen LogP contribution < -0.4 is 0 Å². The van der Waals surface area contributed by atoms with Crippen LogP contribution in [0.15, 0.2) is 22.7 Å². The summed E-state index contributed by atoms with van der Waals surface area (Å²) in [5.41, 5.74) is 1.07. The molecule has 1 rings (SSSR count). The first-order valence-electron chi connectivity index (χ1n) is 4.25. The van der Waals surface area contributed by atoms with Crippen molar-refractivity contribution < 1.29 is 9.90 Å². The van der Waals surface area contributed by atoms with Crippen LogP contribution in [0.4, 0.5) is 0 Å². The number of benzene rings is 1. The number of aryl methyl sites for hydroxylation is 1. The van der Waals surface area contributed by atoms with Gasteiger partial charge in [-0.25, -0.2) is 0 Å². The van der Waals surface area contributed by atoms with Crippen LogP contribution in [0.3, 0.4) is 0 Å². The Hall–Kier alpha value is -0.540. The second kappa shape index (κ2) is 5.37. The van der Waals surface area contributed by atoms with Crippen molar-refractivity contribution in [1.29, 1.82) is 0 Å². The van der Waals surface area contributed by atoms with Gasteiger partial charge in [0.25, 0.3) is 0 Å². The Bertz CT molecular complexity index is 339. The molecule has 0 aromatic heterocycles. The van der Waals surface area contributed by atoms with E-state index in [4.69, 9.17) is 16.7 Å². The van der Waals surface area contributed by atoms with Gasteiger partial charge in [0.1, 0.15) is 0 Å². The Morgan fingerprint density at radius 1 is 1.50 bits per heavy atom. The first-order chi connectivity index (χ1) is 6.59. The Morgan fingerprint density at radius 3 is 2.79 bits per heavy atom. The Balaban J connectivity index is 2.51. The Morgan fingerprint density at radius 2 is 2.21 bits per heavy atom. The molecule has 0 spiro atoms. The predicted molar refractivity (Wildman–Crippen MR) is 59.7 cm³/mol. The van der Waals surface area contributed by atoms with E-state index in [-0.39, 0.29) is 6.42 Å². The molecule has 1 aromatic rings. The smallest absolute Gasteiger partial charge is 0.303 e. The fourth-order valence-electron chi connectivity index (χ4n) is 1.14. The molecule has 1 N–H and O–H groups in total. The topological polar surface area (TPSA) is 37.3 Å². The van der Waals surface area contributed by atoms with Gasteiger partial charge in [-0.15, -0.1) is 0 Å². The fourth-order valence-corrected chi connectivity index (χ4v) is 1.59. The predicted octanol–water partition coefficient (Wildman–Crippen LogP) is 3.51. The van der Waals surface area contributed by atoms with Crippen LogP contribution in [0.5, 0.6) is 0 Å². The van der Waals surface area contributed by atoms with Crippen molar-refractivity contribution in [1.82, 2.24) is 0 Å². The second-order valence-corrected chi connectivity index (χ2v) is 4.26. The van der Waals surface area contributed by atoms with Gasteiger partial charge in [0.15, 0.2) is 0 Å². The maximum atomic E-state index is 10.3. The lowest BCUT2D eigenvalue weighted by molar-refractivity contribution is -0.137. The molecule has 76 valence electrons. The van der Waals surface area contributed by atoms with Crippen LogP contribution in [0.1, 0.15) is 18.4 Å². The molecule has 0 aliphatic carbocycles. The zero-order valence-electron chi connectivity index (χ0n) is 7.46. The van der Waals surface area contributed by atoms with Crippen LogP contribution in [-0.4, -0.2) is 11.1 Å². The summed E-state index contributed by atoms with van der Waals surface area (Å²) in [4.78, 5) is 10.3. The van der Waals surface area contributed by atoms with Gasteiger partial charge in [-0.3, -0.25) is 4.79 Å². The number of rotatable bonds is 4. The van der Waals surface area contributed by atoms with Crippen molar-refractivity contribution in [3.63, 3.8) is 0 Å². The average Bonchev–Trinajstić information content (AvgIpc) is 2.10. The highest BCUT2D eigenvalue weighted by atomic mass is 79.9. The Labute approximate surface area is 96.0 Å². The third kappa shape index (κ3) is 3.68. The molecule has 2 nitrogen and oxygen atoms in total. The van der Waals surface area contributed by atoms with Crippen molar-refractivity contribution in [3.8, 4) is 0 Å². The van der Waals surface area contributed by atoms with E-state index in [1.807, 2.05) is 18.2 Å². The summed E-state index contributed by atoms with van der Waals surface area (Å²) in [5.74, 6) is -0.756. The third-order valence-corrected chi connectivity index (χ3v) is 3.07. The van der Waals surface area contributed by atoms with E-state index >= 15 is 0 Å². The van der Waals surface area contributed by atoms with Crippen LogP contribution in [0.2, 0.25) is 5.02 Å². The number of carbonyl (C=O) groups is 1. The van der Waals surface area contributed by atoms with Gasteiger partial charge in [-0.2, -0.15) is 0 Å². The molecule has 14 heavy (non-hydrogen) atoms. The number of carboxylic acid groups (broad SMARTS) is 1. The maximum absolute atomic E-state index is 10.3. The lowest BCUT2D eigenvalue weighted by Gasteiger charge is -2.01. The lowest BCUT2D eigenvalue weighted by atomic mass is 10.1. The highest BCUT2D eigenvalue weighted by Gasteiger charge is 2.01. The largest absolute Gasteiger partial charge is 0.481 e.